The highest BCUT2D eigenvalue weighted by Gasteiger charge is 2.39. The molecule has 4 aromatic heterocycles. The van der Waals surface area contributed by atoms with Crippen LogP contribution in [0.4, 0.5) is 13.2 Å². The van der Waals surface area contributed by atoms with E-state index in [0.717, 1.165) is 23.9 Å². The lowest BCUT2D eigenvalue weighted by Gasteiger charge is -2.29. The number of pyridine rings is 3. The average Bonchev–Trinajstić information content (AvgIpc) is 3.38. The predicted octanol–water partition coefficient (Wildman–Crippen LogP) is 4.70. The number of nitrogens with zero attached hydrogens (tertiary/aromatic N) is 6. The van der Waals surface area contributed by atoms with Gasteiger partial charge < -0.3 is 14.6 Å². The van der Waals surface area contributed by atoms with Crippen LogP contribution in [0.15, 0.2) is 67.3 Å². The highest BCUT2D eigenvalue weighted by Crippen LogP contribution is 2.43. The Hall–Kier alpha value is -4.29. The molecular weight excluding hydrogens is 537 g/mol. The van der Waals surface area contributed by atoms with E-state index in [4.69, 9.17) is 21.1 Å². The Labute approximate surface area is 224 Å². The third-order valence-corrected chi connectivity index (χ3v) is 6.50. The highest BCUT2D eigenvalue weighted by molar-refractivity contribution is 6.37. The molecule has 13 heteroatoms. The van der Waals surface area contributed by atoms with E-state index in [-0.39, 0.29) is 40.1 Å². The van der Waals surface area contributed by atoms with Crippen molar-refractivity contribution in [1.82, 2.24) is 29.9 Å². The van der Waals surface area contributed by atoms with Crippen LogP contribution in [0.2, 0.25) is 5.02 Å². The van der Waals surface area contributed by atoms with Gasteiger partial charge in [0, 0.05) is 42.2 Å². The van der Waals surface area contributed by atoms with Crippen molar-refractivity contribution in [3.8, 4) is 11.6 Å². The lowest BCUT2D eigenvalue weighted by molar-refractivity contribution is -0.141. The topological polar surface area (TPSA) is 108 Å². The zero-order valence-corrected chi connectivity index (χ0v) is 21.3. The first-order valence-electron chi connectivity index (χ1n) is 11.4. The number of methoxy groups -OCH3 is 1. The standard InChI is InChI=1S/C26H20ClF3N6O3/c1-36-21(13-33-35-36)25(37,17-6-8-20(32-12-17)26(28,29)30)16-5-7-19-18(10-16)22(27)23(24(34-19)38-2)39-14-15-4-3-9-31-11-15/h3-13,37H,14H2,1-2H3. The molecular formula is C26H20ClF3N6O3. The molecule has 9 nitrogen and oxygen atoms in total. The first-order chi connectivity index (χ1) is 18.6. The van der Waals surface area contributed by atoms with Crippen LogP contribution in [0.3, 0.4) is 0 Å². The SMILES string of the molecule is COc1nc2ccc(C(O)(c3ccc(C(F)(F)F)nc3)c3cnnn3C)cc2c(Cl)c1OCc1cccnc1. The van der Waals surface area contributed by atoms with Gasteiger partial charge in [0.1, 0.15) is 12.3 Å². The van der Waals surface area contributed by atoms with Crippen LogP contribution < -0.4 is 9.47 Å². The molecule has 1 aromatic carbocycles. The fraction of sp³-hybridized carbons (Fsp3) is 0.192. The van der Waals surface area contributed by atoms with Gasteiger partial charge in [-0.1, -0.05) is 35.0 Å². The quantitative estimate of drug-likeness (QED) is 0.307. The largest absolute Gasteiger partial charge is 0.482 e. The van der Waals surface area contributed by atoms with Crippen molar-refractivity contribution >= 4 is 22.5 Å². The second-order valence-corrected chi connectivity index (χ2v) is 8.91. The molecule has 0 saturated heterocycles. The van der Waals surface area contributed by atoms with Crippen molar-refractivity contribution in [2.24, 2.45) is 7.05 Å². The Balaban J connectivity index is 1.65. The van der Waals surface area contributed by atoms with Crippen LogP contribution in [0, 0.1) is 0 Å². The van der Waals surface area contributed by atoms with E-state index < -0.39 is 17.5 Å². The zero-order chi connectivity index (χ0) is 27.8. The van der Waals surface area contributed by atoms with Crippen molar-refractivity contribution < 1.29 is 27.8 Å². The number of benzene rings is 1. The van der Waals surface area contributed by atoms with Crippen LogP contribution in [-0.4, -0.2) is 42.2 Å². The monoisotopic (exact) mass is 556 g/mol. The first kappa shape index (κ1) is 26.3. The van der Waals surface area contributed by atoms with Gasteiger partial charge in [-0.2, -0.15) is 13.2 Å². The fourth-order valence-corrected chi connectivity index (χ4v) is 4.46. The predicted molar refractivity (Wildman–Crippen MR) is 134 cm³/mol. The number of aliphatic hydroxyl groups is 1. The normalized spacial score (nSPS) is 13.3. The van der Waals surface area contributed by atoms with Crippen LogP contribution in [0.25, 0.3) is 10.9 Å². The number of rotatable bonds is 7. The van der Waals surface area contributed by atoms with E-state index in [1.807, 2.05) is 6.07 Å². The summed E-state index contributed by atoms with van der Waals surface area (Å²) < 4.78 is 52.2. The number of fused-ring (bicyclic) bond motifs is 1. The van der Waals surface area contributed by atoms with Crippen molar-refractivity contribution in [3.05, 3.63) is 100 Å². The molecule has 0 bridgehead atoms. The van der Waals surface area contributed by atoms with Crippen molar-refractivity contribution in [3.63, 3.8) is 0 Å². The van der Waals surface area contributed by atoms with Crippen molar-refractivity contribution in [1.29, 1.82) is 0 Å². The van der Waals surface area contributed by atoms with E-state index >= 15 is 0 Å². The molecule has 4 heterocycles. The van der Waals surface area contributed by atoms with Crippen molar-refractivity contribution in [2.75, 3.05) is 7.11 Å². The molecule has 0 aliphatic rings. The molecule has 1 atom stereocenters. The molecule has 0 aliphatic heterocycles. The summed E-state index contributed by atoms with van der Waals surface area (Å²) in [5.41, 5.74) is -1.36. The van der Waals surface area contributed by atoms with Gasteiger partial charge in [0.25, 0.3) is 5.88 Å². The summed E-state index contributed by atoms with van der Waals surface area (Å²) in [6.45, 7) is 0.138. The number of hydrogen-bond acceptors (Lipinski definition) is 8. The smallest absolute Gasteiger partial charge is 0.433 e. The van der Waals surface area contributed by atoms with Gasteiger partial charge in [-0.05, 0) is 29.8 Å². The summed E-state index contributed by atoms with van der Waals surface area (Å²) in [5.74, 6) is 0.330. The number of aromatic nitrogens is 6. The van der Waals surface area contributed by atoms with Crippen LogP contribution in [-0.2, 0) is 25.4 Å². The van der Waals surface area contributed by atoms with Gasteiger partial charge in [-0.3, -0.25) is 9.97 Å². The molecule has 0 amide bonds. The highest BCUT2D eigenvalue weighted by atomic mass is 35.5. The van der Waals surface area contributed by atoms with Crippen molar-refractivity contribution in [2.45, 2.75) is 18.4 Å². The van der Waals surface area contributed by atoms with Crippen LogP contribution in [0.1, 0.15) is 28.1 Å². The number of halogens is 4. The summed E-state index contributed by atoms with van der Waals surface area (Å²) in [7, 11) is 2.98. The molecule has 5 rings (SSSR count). The van der Waals surface area contributed by atoms with E-state index in [9.17, 15) is 18.3 Å². The van der Waals surface area contributed by atoms with Crippen LogP contribution >= 0.6 is 11.6 Å². The average molecular weight is 557 g/mol. The van der Waals surface area contributed by atoms with E-state index in [2.05, 4.69) is 25.3 Å². The Morgan fingerprint density at radius 3 is 2.46 bits per heavy atom. The minimum absolute atomic E-state index is 0.0610. The van der Waals surface area contributed by atoms with Crippen LogP contribution in [0.5, 0.6) is 11.6 Å². The molecule has 1 unspecified atom stereocenters. The van der Waals surface area contributed by atoms with Gasteiger partial charge in [0.05, 0.1) is 29.5 Å². The molecule has 0 radical (unpaired) electrons. The Bertz CT molecular complexity index is 1630. The fourth-order valence-electron chi connectivity index (χ4n) is 4.17. The maximum absolute atomic E-state index is 13.2. The molecule has 0 saturated carbocycles. The summed E-state index contributed by atoms with van der Waals surface area (Å²) in [6, 6.07) is 10.3. The lowest BCUT2D eigenvalue weighted by atomic mass is 9.83. The first-order valence-corrected chi connectivity index (χ1v) is 11.8. The third-order valence-electron chi connectivity index (χ3n) is 6.12. The van der Waals surface area contributed by atoms with E-state index in [1.54, 1.807) is 43.7 Å². The Morgan fingerprint density at radius 1 is 1.05 bits per heavy atom. The third kappa shape index (κ3) is 4.84. The number of hydrogen-bond donors (Lipinski definition) is 1. The summed E-state index contributed by atoms with van der Waals surface area (Å²) in [5, 5.41) is 20.4. The minimum atomic E-state index is -4.64. The summed E-state index contributed by atoms with van der Waals surface area (Å²) >= 11 is 6.78. The minimum Gasteiger partial charge on any atom is -0.482 e. The molecule has 39 heavy (non-hydrogen) atoms. The van der Waals surface area contributed by atoms with Gasteiger partial charge in [0.2, 0.25) is 5.75 Å². The number of ether oxygens (including phenoxy) is 2. The molecule has 0 spiro atoms. The summed E-state index contributed by atoms with van der Waals surface area (Å²) in [6.07, 6.45) is 0.932. The lowest BCUT2D eigenvalue weighted by Crippen LogP contribution is -2.32. The molecule has 0 aliphatic carbocycles. The van der Waals surface area contributed by atoms with Gasteiger partial charge in [-0.25, -0.2) is 9.67 Å². The number of aryl methyl sites for hydroxylation is 1. The maximum atomic E-state index is 13.2. The summed E-state index contributed by atoms with van der Waals surface area (Å²) in [4.78, 5) is 12.1. The Kier molecular flexibility index (Phi) is 6.83. The Morgan fingerprint density at radius 2 is 1.85 bits per heavy atom. The molecule has 0 fully saturated rings. The molecule has 200 valence electrons. The zero-order valence-electron chi connectivity index (χ0n) is 20.5. The van der Waals surface area contributed by atoms with Gasteiger partial charge in [-0.15, -0.1) is 5.10 Å². The van der Waals surface area contributed by atoms with Gasteiger partial charge in [0.15, 0.2) is 5.60 Å². The maximum Gasteiger partial charge on any atom is 0.433 e. The molecule has 5 aromatic rings. The van der Waals surface area contributed by atoms with Gasteiger partial charge >= 0.3 is 6.18 Å². The second-order valence-electron chi connectivity index (χ2n) is 8.53. The number of alkyl halides is 3. The van der Waals surface area contributed by atoms with E-state index in [1.165, 1.54) is 18.0 Å². The van der Waals surface area contributed by atoms with E-state index in [0.29, 0.717) is 10.9 Å². The molecule has 1 N–H and O–H groups in total. The second kappa shape index (κ2) is 10.1.